The zero-order valence-corrected chi connectivity index (χ0v) is 9.22. The number of aliphatic hydroxyl groups is 1. The monoisotopic (exact) mass is 264 g/mol. The molecule has 1 rings (SSSR count). The molecule has 1 aromatic rings. The number of hydrogen-bond acceptors (Lipinski definition) is 2. The summed E-state index contributed by atoms with van der Waals surface area (Å²) in [4.78, 5) is 0. The first-order chi connectivity index (χ1) is 6.13. The largest absolute Gasteiger partial charge is 0.508 e. The van der Waals surface area contributed by atoms with Gasteiger partial charge in [-0.1, -0.05) is 27.5 Å². The fourth-order valence-corrected chi connectivity index (χ4v) is 1.45. The van der Waals surface area contributed by atoms with Crippen LogP contribution in [0.25, 0.3) is 0 Å². The van der Waals surface area contributed by atoms with Gasteiger partial charge in [0.25, 0.3) is 0 Å². The molecule has 0 heterocycles. The first kappa shape index (κ1) is 10.8. The minimum Gasteiger partial charge on any atom is -0.508 e. The molecule has 0 amide bonds. The summed E-state index contributed by atoms with van der Waals surface area (Å²) >= 11 is 8.89. The van der Waals surface area contributed by atoms with Crippen molar-refractivity contribution in [3.8, 4) is 5.75 Å². The molecule has 1 atom stereocenters. The number of rotatable bonds is 3. The number of aliphatic hydroxyl groups excluding tert-OH is 1. The van der Waals surface area contributed by atoms with E-state index in [2.05, 4.69) is 15.9 Å². The predicted molar refractivity (Wildman–Crippen MR) is 56.6 cm³/mol. The highest BCUT2D eigenvalue weighted by Crippen LogP contribution is 2.22. The maximum atomic E-state index is 9.39. The van der Waals surface area contributed by atoms with Crippen molar-refractivity contribution in [2.24, 2.45) is 0 Å². The van der Waals surface area contributed by atoms with Crippen LogP contribution in [0.4, 0.5) is 0 Å². The van der Waals surface area contributed by atoms with Gasteiger partial charge < -0.3 is 10.2 Å². The van der Waals surface area contributed by atoms with Crippen LogP contribution in [-0.4, -0.2) is 21.6 Å². The summed E-state index contributed by atoms with van der Waals surface area (Å²) < 4.78 is 0. The Morgan fingerprint density at radius 3 is 2.77 bits per heavy atom. The normalized spacial score (nSPS) is 12.8. The van der Waals surface area contributed by atoms with Crippen LogP contribution >= 0.6 is 27.5 Å². The second kappa shape index (κ2) is 4.84. The second-order valence-electron chi connectivity index (χ2n) is 2.79. The summed E-state index contributed by atoms with van der Waals surface area (Å²) in [5, 5.41) is 19.8. The van der Waals surface area contributed by atoms with E-state index in [0.717, 1.165) is 0 Å². The quantitative estimate of drug-likeness (QED) is 0.824. The highest BCUT2D eigenvalue weighted by molar-refractivity contribution is 9.09. The lowest BCUT2D eigenvalue weighted by Crippen LogP contribution is -2.11. The lowest BCUT2D eigenvalue weighted by molar-refractivity contribution is 0.200. The molecule has 0 aromatic heterocycles. The van der Waals surface area contributed by atoms with Crippen molar-refractivity contribution >= 4 is 27.5 Å². The number of phenolic OH excluding ortho intramolecular Hbond substituents is 1. The van der Waals surface area contributed by atoms with Crippen molar-refractivity contribution < 1.29 is 10.2 Å². The fraction of sp³-hybridized carbons (Fsp3) is 0.333. The third-order valence-corrected chi connectivity index (χ3v) is 2.66. The van der Waals surface area contributed by atoms with Crippen LogP contribution in [0.2, 0.25) is 5.02 Å². The van der Waals surface area contributed by atoms with E-state index in [1.54, 1.807) is 12.1 Å². The van der Waals surface area contributed by atoms with Crippen LogP contribution in [0.15, 0.2) is 18.2 Å². The molecule has 0 aliphatic carbocycles. The van der Waals surface area contributed by atoms with Gasteiger partial charge in [-0.15, -0.1) is 0 Å². The van der Waals surface area contributed by atoms with Crippen molar-refractivity contribution in [3.05, 3.63) is 28.8 Å². The number of halogens is 2. The van der Waals surface area contributed by atoms with Crippen molar-refractivity contribution in [2.75, 3.05) is 5.33 Å². The summed E-state index contributed by atoms with van der Waals surface area (Å²) in [7, 11) is 0. The van der Waals surface area contributed by atoms with E-state index in [1.807, 2.05) is 0 Å². The van der Waals surface area contributed by atoms with Gasteiger partial charge in [0.1, 0.15) is 5.75 Å². The van der Waals surface area contributed by atoms with E-state index in [-0.39, 0.29) is 5.75 Å². The third-order valence-electron chi connectivity index (χ3n) is 1.68. The van der Waals surface area contributed by atoms with E-state index >= 15 is 0 Å². The van der Waals surface area contributed by atoms with Gasteiger partial charge in [0.2, 0.25) is 0 Å². The van der Waals surface area contributed by atoms with E-state index in [1.165, 1.54) is 6.07 Å². The lowest BCUT2D eigenvalue weighted by Gasteiger charge is -2.08. The summed E-state index contributed by atoms with van der Waals surface area (Å²) in [6, 6.07) is 4.79. The smallest absolute Gasteiger partial charge is 0.118 e. The van der Waals surface area contributed by atoms with E-state index in [9.17, 15) is 10.2 Å². The molecule has 1 aromatic carbocycles. The van der Waals surface area contributed by atoms with Gasteiger partial charge >= 0.3 is 0 Å². The number of phenols is 1. The van der Waals surface area contributed by atoms with Crippen molar-refractivity contribution in [3.63, 3.8) is 0 Å². The van der Waals surface area contributed by atoms with Gasteiger partial charge in [-0.3, -0.25) is 0 Å². The Hall–Kier alpha value is -0.250. The van der Waals surface area contributed by atoms with Crippen LogP contribution in [0.1, 0.15) is 5.56 Å². The van der Waals surface area contributed by atoms with Crippen LogP contribution in [0.5, 0.6) is 5.75 Å². The molecule has 0 spiro atoms. The van der Waals surface area contributed by atoms with Crippen LogP contribution in [-0.2, 0) is 6.42 Å². The average molecular weight is 266 g/mol. The number of benzene rings is 1. The number of hydrogen-bond donors (Lipinski definition) is 2. The summed E-state index contributed by atoms with van der Waals surface area (Å²) in [6.45, 7) is 0. The van der Waals surface area contributed by atoms with Crippen molar-refractivity contribution in [2.45, 2.75) is 12.5 Å². The molecule has 0 aliphatic heterocycles. The fourth-order valence-electron chi connectivity index (χ4n) is 1.03. The van der Waals surface area contributed by atoms with Crippen LogP contribution in [0, 0.1) is 0 Å². The molecule has 0 aliphatic rings. The zero-order chi connectivity index (χ0) is 9.84. The summed E-state index contributed by atoms with van der Waals surface area (Å²) in [5.41, 5.74) is 0.666. The van der Waals surface area contributed by atoms with Crippen molar-refractivity contribution in [1.29, 1.82) is 0 Å². The Balaban J connectivity index is 2.81. The first-order valence-electron chi connectivity index (χ1n) is 3.85. The van der Waals surface area contributed by atoms with E-state index in [0.29, 0.717) is 22.3 Å². The lowest BCUT2D eigenvalue weighted by atomic mass is 10.1. The number of aromatic hydroxyl groups is 1. The minimum absolute atomic E-state index is 0.171. The highest BCUT2D eigenvalue weighted by atomic mass is 79.9. The molecule has 0 saturated carbocycles. The molecule has 0 bridgehead atoms. The second-order valence-corrected chi connectivity index (χ2v) is 3.87. The Morgan fingerprint density at radius 2 is 2.15 bits per heavy atom. The first-order valence-corrected chi connectivity index (χ1v) is 5.35. The maximum absolute atomic E-state index is 9.39. The standard InChI is InChI=1S/C9H10BrClO2/c10-5-8(12)4-6-3-7(11)1-2-9(6)13/h1-3,8,12-13H,4-5H2. The Morgan fingerprint density at radius 1 is 1.46 bits per heavy atom. The molecule has 0 fully saturated rings. The van der Waals surface area contributed by atoms with Gasteiger partial charge in [-0.2, -0.15) is 0 Å². The Kier molecular flexibility index (Phi) is 4.03. The van der Waals surface area contributed by atoms with Crippen LogP contribution in [0.3, 0.4) is 0 Å². The molecule has 13 heavy (non-hydrogen) atoms. The van der Waals surface area contributed by atoms with Crippen LogP contribution < -0.4 is 0 Å². The van der Waals surface area contributed by atoms with E-state index in [4.69, 9.17) is 11.6 Å². The maximum Gasteiger partial charge on any atom is 0.118 e. The average Bonchev–Trinajstić information content (AvgIpc) is 2.11. The van der Waals surface area contributed by atoms with E-state index < -0.39 is 6.10 Å². The molecular formula is C9H10BrClO2. The molecule has 0 radical (unpaired) electrons. The van der Waals surface area contributed by atoms with Crippen molar-refractivity contribution in [1.82, 2.24) is 0 Å². The van der Waals surface area contributed by atoms with Gasteiger partial charge in [0, 0.05) is 16.8 Å². The van der Waals surface area contributed by atoms with Gasteiger partial charge in [0.05, 0.1) is 6.10 Å². The molecule has 0 saturated heterocycles. The molecule has 2 nitrogen and oxygen atoms in total. The van der Waals surface area contributed by atoms with Gasteiger partial charge in [0.15, 0.2) is 0 Å². The summed E-state index contributed by atoms with van der Waals surface area (Å²) in [6.07, 6.45) is -0.0955. The zero-order valence-electron chi connectivity index (χ0n) is 6.87. The third kappa shape index (κ3) is 3.18. The highest BCUT2D eigenvalue weighted by Gasteiger charge is 2.07. The SMILES string of the molecule is Oc1ccc(Cl)cc1CC(O)CBr. The Labute approximate surface area is 90.3 Å². The number of alkyl halides is 1. The molecule has 1 unspecified atom stereocenters. The molecule has 4 heteroatoms. The predicted octanol–water partition coefficient (Wildman–Crippen LogP) is 2.34. The minimum atomic E-state index is -0.496. The molecular weight excluding hydrogens is 255 g/mol. The Bertz CT molecular complexity index is 291. The molecule has 2 N–H and O–H groups in total. The van der Waals surface area contributed by atoms with Gasteiger partial charge in [-0.05, 0) is 23.8 Å². The molecule has 72 valence electrons. The summed E-state index contributed by atoms with van der Waals surface area (Å²) in [5.74, 6) is 0.171. The topological polar surface area (TPSA) is 40.5 Å². The van der Waals surface area contributed by atoms with Gasteiger partial charge in [-0.25, -0.2) is 0 Å².